The van der Waals surface area contributed by atoms with Gasteiger partial charge in [0.25, 0.3) is 0 Å². The van der Waals surface area contributed by atoms with E-state index < -0.39 is 0 Å². The summed E-state index contributed by atoms with van der Waals surface area (Å²) in [6.07, 6.45) is 9.75. The average molecular weight is 224 g/mol. The third-order valence-corrected chi connectivity index (χ3v) is 4.77. The first kappa shape index (κ1) is 12.4. The Hall–Kier alpha value is -0.0800. The van der Waals surface area contributed by atoms with Crippen molar-refractivity contribution in [3.05, 3.63) is 0 Å². The third kappa shape index (κ3) is 2.43. The van der Waals surface area contributed by atoms with Crippen LogP contribution in [-0.2, 0) is 0 Å². The van der Waals surface area contributed by atoms with Gasteiger partial charge in [-0.1, -0.05) is 26.2 Å². The lowest BCUT2D eigenvalue weighted by Crippen LogP contribution is -2.54. The van der Waals surface area contributed by atoms with Gasteiger partial charge in [-0.15, -0.1) is 0 Å². The Morgan fingerprint density at radius 2 is 2.00 bits per heavy atom. The van der Waals surface area contributed by atoms with E-state index in [1.54, 1.807) is 0 Å². The molecular weight excluding hydrogens is 196 g/mol. The minimum atomic E-state index is 0.346. The van der Waals surface area contributed by atoms with Gasteiger partial charge in [-0.2, -0.15) is 0 Å². The highest BCUT2D eigenvalue weighted by Crippen LogP contribution is 2.35. The van der Waals surface area contributed by atoms with E-state index in [2.05, 4.69) is 18.7 Å². The highest BCUT2D eigenvalue weighted by molar-refractivity contribution is 4.92. The van der Waals surface area contributed by atoms with Crippen LogP contribution in [0.5, 0.6) is 0 Å². The largest absolute Gasteiger partial charge is 0.327 e. The second-order valence-corrected chi connectivity index (χ2v) is 5.83. The minimum absolute atomic E-state index is 0.346. The lowest BCUT2D eigenvalue weighted by molar-refractivity contribution is 0.0608. The van der Waals surface area contributed by atoms with Crippen molar-refractivity contribution in [3.63, 3.8) is 0 Å². The van der Waals surface area contributed by atoms with Crippen molar-refractivity contribution in [1.82, 2.24) is 4.90 Å². The fraction of sp³-hybridized carbons (Fsp3) is 1.00. The second-order valence-electron chi connectivity index (χ2n) is 5.83. The molecule has 0 bridgehead atoms. The van der Waals surface area contributed by atoms with Gasteiger partial charge in [-0.25, -0.2) is 0 Å². The SMILES string of the molecule is CCC1CCCC1N1CCCCC1C(C)N. The predicted octanol–water partition coefficient (Wildman–Crippen LogP) is 2.77. The van der Waals surface area contributed by atoms with Crippen molar-refractivity contribution < 1.29 is 0 Å². The molecule has 2 aliphatic rings. The van der Waals surface area contributed by atoms with E-state index in [0.717, 1.165) is 12.0 Å². The molecule has 0 radical (unpaired) electrons. The molecule has 0 aromatic carbocycles. The number of hydrogen-bond acceptors (Lipinski definition) is 2. The normalized spacial score (nSPS) is 38.8. The monoisotopic (exact) mass is 224 g/mol. The van der Waals surface area contributed by atoms with E-state index in [1.807, 2.05) is 0 Å². The summed E-state index contributed by atoms with van der Waals surface area (Å²) in [6, 6.07) is 1.85. The fourth-order valence-corrected chi connectivity index (χ4v) is 3.89. The van der Waals surface area contributed by atoms with Crippen molar-refractivity contribution in [2.45, 2.75) is 76.9 Å². The average Bonchev–Trinajstić information content (AvgIpc) is 2.76. The number of nitrogens with zero attached hydrogens (tertiary/aromatic N) is 1. The summed E-state index contributed by atoms with van der Waals surface area (Å²) in [5.41, 5.74) is 6.17. The topological polar surface area (TPSA) is 29.3 Å². The van der Waals surface area contributed by atoms with Crippen molar-refractivity contribution in [1.29, 1.82) is 0 Å². The molecule has 94 valence electrons. The molecule has 2 heteroatoms. The predicted molar refractivity (Wildman–Crippen MR) is 69.4 cm³/mol. The standard InChI is InChI=1S/C14H28N2/c1-3-12-7-6-9-14(12)16-10-5-4-8-13(16)11(2)15/h11-14H,3-10,15H2,1-2H3. The van der Waals surface area contributed by atoms with Gasteiger partial charge in [0.15, 0.2) is 0 Å². The zero-order valence-corrected chi connectivity index (χ0v) is 11.0. The quantitative estimate of drug-likeness (QED) is 0.798. The molecule has 1 heterocycles. The Morgan fingerprint density at radius 1 is 1.19 bits per heavy atom. The summed E-state index contributed by atoms with van der Waals surface area (Å²) in [5, 5.41) is 0. The van der Waals surface area contributed by atoms with Crippen LogP contribution >= 0.6 is 0 Å². The van der Waals surface area contributed by atoms with Crippen LogP contribution in [0.25, 0.3) is 0 Å². The Morgan fingerprint density at radius 3 is 2.69 bits per heavy atom. The van der Waals surface area contributed by atoms with Crippen LogP contribution in [0.15, 0.2) is 0 Å². The lowest BCUT2D eigenvalue weighted by Gasteiger charge is -2.43. The summed E-state index contributed by atoms with van der Waals surface area (Å²) >= 11 is 0. The van der Waals surface area contributed by atoms with Crippen molar-refractivity contribution in [2.24, 2.45) is 11.7 Å². The molecule has 2 N–H and O–H groups in total. The number of nitrogens with two attached hydrogens (primary N) is 1. The molecule has 0 amide bonds. The molecule has 1 aliphatic carbocycles. The van der Waals surface area contributed by atoms with Gasteiger partial charge in [-0.05, 0) is 45.1 Å². The molecule has 1 aliphatic heterocycles. The van der Waals surface area contributed by atoms with Gasteiger partial charge in [0, 0.05) is 18.1 Å². The number of rotatable bonds is 3. The van der Waals surface area contributed by atoms with E-state index in [-0.39, 0.29) is 0 Å². The number of likely N-dealkylation sites (tertiary alicyclic amines) is 1. The first-order valence-corrected chi connectivity index (χ1v) is 7.25. The molecule has 4 unspecified atom stereocenters. The lowest BCUT2D eigenvalue weighted by atomic mass is 9.91. The Bertz CT molecular complexity index is 215. The van der Waals surface area contributed by atoms with Crippen LogP contribution in [0.4, 0.5) is 0 Å². The Balaban J connectivity index is 2.04. The van der Waals surface area contributed by atoms with Gasteiger partial charge < -0.3 is 5.73 Å². The highest BCUT2D eigenvalue weighted by atomic mass is 15.2. The van der Waals surface area contributed by atoms with Crippen molar-refractivity contribution in [3.8, 4) is 0 Å². The van der Waals surface area contributed by atoms with E-state index in [4.69, 9.17) is 5.73 Å². The molecule has 0 aromatic rings. The van der Waals surface area contributed by atoms with Crippen LogP contribution in [0.1, 0.15) is 58.8 Å². The van der Waals surface area contributed by atoms with E-state index in [1.165, 1.54) is 51.5 Å². The van der Waals surface area contributed by atoms with E-state index in [9.17, 15) is 0 Å². The summed E-state index contributed by atoms with van der Waals surface area (Å²) in [5.74, 6) is 0.944. The fourth-order valence-electron chi connectivity index (χ4n) is 3.89. The molecular formula is C14H28N2. The van der Waals surface area contributed by atoms with Crippen LogP contribution in [-0.4, -0.2) is 29.6 Å². The maximum absolute atomic E-state index is 6.17. The Labute approximate surface area is 101 Å². The van der Waals surface area contributed by atoms with Gasteiger partial charge in [-0.3, -0.25) is 4.90 Å². The molecule has 2 fully saturated rings. The molecule has 1 saturated carbocycles. The van der Waals surface area contributed by atoms with Crippen LogP contribution in [0.3, 0.4) is 0 Å². The summed E-state index contributed by atoms with van der Waals surface area (Å²) in [6.45, 7) is 5.85. The van der Waals surface area contributed by atoms with Gasteiger partial charge in [0.05, 0.1) is 0 Å². The summed E-state index contributed by atoms with van der Waals surface area (Å²) < 4.78 is 0. The summed E-state index contributed by atoms with van der Waals surface area (Å²) in [4.78, 5) is 2.77. The number of piperidine rings is 1. The second kappa shape index (κ2) is 5.50. The van der Waals surface area contributed by atoms with Crippen LogP contribution in [0, 0.1) is 5.92 Å². The molecule has 2 rings (SSSR count). The van der Waals surface area contributed by atoms with Gasteiger partial charge >= 0.3 is 0 Å². The zero-order chi connectivity index (χ0) is 11.5. The van der Waals surface area contributed by atoms with Crippen molar-refractivity contribution >= 4 is 0 Å². The molecule has 16 heavy (non-hydrogen) atoms. The first-order chi connectivity index (χ1) is 7.74. The van der Waals surface area contributed by atoms with E-state index in [0.29, 0.717) is 12.1 Å². The van der Waals surface area contributed by atoms with Gasteiger partial charge in [0.2, 0.25) is 0 Å². The van der Waals surface area contributed by atoms with Crippen molar-refractivity contribution in [2.75, 3.05) is 6.54 Å². The molecule has 2 nitrogen and oxygen atoms in total. The zero-order valence-electron chi connectivity index (χ0n) is 11.0. The maximum Gasteiger partial charge on any atom is 0.0247 e. The first-order valence-electron chi connectivity index (χ1n) is 7.25. The maximum atomic E-state index is 6.17. The van der Waals surface area contributed by atoms with Crippen LogP contribution in [0.2, 0.25) is 0 Å². The third-order valence-electron chi connectivity index (χ3n) is 4.77. The van der Waals surface area contributed by atoms with Gasteiger partial charge in [0.1, 0.15) is 0 Å². The highest BCUT2D eigenvalue weighted by Gasteiger charge is 2.36. The molecule has 4 atom stereocenters. The molecule has 1 saturated heterocycles. The van der Waals surface area contributed by atoms with Crippen LogP contribution < -0.4 is 5.73 Å². The number of hydrogen-bond donors (Lipinski definition) is 1. The molecule has 0 aromatic heterocycles. The van der Waals surface area contributed by atoms with E-state index >= 15 is 0 Å². The smallest absolute Gasteiger partial charge is 0.0247 e. The summed E-state index contributed by atoms with van der Waals surface area (Å²) in [7, 11) is 0. The Kier molecular flexibility index (Phi) is 4.26. The molecule has 0 spiro atoms. The minimum Gasteiger partial charge on any atom is -0.327 e.